The van der Waals surface area contributed by atoms with Gasteiger partial charge in [0.2, 0.25) is 0 Å². The Balaban J connectivity index is 1.60. The molecule has 0 aromatic heterocycles. The molecular formula is C28H33FN4O5. The third-order valence-corrected chi connectivity index (χ3v) is 6.97. The van der Waals surface area contributed by atoms with E-state index in [4.69, 9.17) is 9.47 Å². The summed E-state index contributed by atoms with van der Waals surface area (Å²) < 4.78 is 24.9. The predicted octanol–water partition coefficient (Wildman–Crippen LogP) is 3.19. The summed E-state index contributed by atoms with van der Waals surface area (Å²) in [7, 11) is 3.19. The quantitative estimate of drug-likeness (QED) is 0.560. The van der Waals surface area contributed by atoms with E-state index in [2.05, 4.69) is 10.2 Å². The number of hydrogen-bond donors (Lipinski definition) is 1. The monoisotopic (exact) mass is 524 g/mol. The summed E-state index contributed by atoms with van der Waals surface area (Å²) in [6, 6.07) is 11.9. The fraction of sp³-hybridized carbons (Fsp3) is 0.393. The minimum absolute atomic E-state index is 0.0473. The van der Waals surface area contributed by atoms with E-state index in [0.29, 0.717) is 43.2 Å². The van der Waals surface area contributed by atoms with E-state index in [1.54, 1.807) is 62.4 Å². The number of esters is 1. The average molecular weight is 525 g/mol. The SMILES string of the molecule is CCOC(=O)C1=C(CN2CCN(C(=O)c3ccccc3F)C(C)C2)N(C)C(=O)NC1c1ccc(OC)cc1. The molecule has 9 nitrogen and oxygen atoms in total. The van der Waals surface area contributed by atoms with Gasteiger partial charge in [-0.25, -0.2) is 14.0 Å². The van der Waals surface area contributed by atoms with Crippen LogP contribution < -0.4 is 10.1 Å². The van der Waals surface area contributed by atoms with Gasteiger partial charge in [0.1, 0.15) is 11.6 Å². The van der Waals surface area contributed by atoms with Crippen molar-refractivity contribution in [1.82, 2.24) is 20.0 Å². The lowest BCUT2D eigenvalue weighted by atomic mass is 9.94. The second-order valence-corrected chi connectivity index (χ2v) is 9.36. The maximum absolute atomic E-state index is 14.2. The van der Waals surface area contributed by atoms with Crippen molar-refractivity contribution >= 4 is 17.9 Å². The maximum Gasteiger partial charge on any atom is 0.338 e. The van der Waals surface area contributed by atoms with Crippen LogP contribution in [-0.4, -0.2) is 85.6 Å². The first-order chi connectivity index (χ1) is 18.2. The molecule has 2 aliphatic heterocycles. The highest BCUT2D eigenvalue weighted by Crippen LogP contribution is 2.32. The van der Waals surface area contributed by atoms with Gasteiger partial charge in [-0.15, -0.1) is 0 Å². The molecular weight excluding hydrogens is 491 g/mol. The smallest absolute Gasteiger partial charge is 0.338 e. The Morgan fingerprint density at radius 3 is 2.45 bits per heavy atom. The van der Waals surface area contributed by atoms with Crippen LogP contribution in [0.2, 0.25) is 0 Å². The maximum atomic E-state index is 14.2. The molecule has 0 radical (unpaired) electrons. The second-order valence-electron chi connectivity index (χ2n) is 9.36. The zero-order chi connectivity index (χ0) is 27.4. The van der Waals surface area contributed by atoms with E-state index in [1.165, 1.54) is 17.0 Å². The predicted molar refractivity (Wildman–Crippen MR) is 139 cm³/mol. The molecule has 1 N–H and O–H groups in total. The molecule has 2 aliphatic rings. The molecule has 1 fully saturated rings. The highest BCUT2D eigenvalue weighted by atomic mass is 19.1. The summed E-state index contributed by atoms with van der Waals surface area (Å²) in [6.07, 6.45) is 0. The minimum Gasteiger partial charge on any atom is -0.497 e. The standard InChI is InChI=1S/C28H33FN4O5/c1-5-38-27(35)24-23(31(3)28(36)30-25(24)19-10-12-20(37-4)13-11-19)17-32-14-15-33(18(2)16-32)26(34)21-8-6-7-9-22(21)29/h6-13,18,25H,5,14-17H2,1-4H3,(H,30,36). The number of amides is 3. The van der Waals surface area contributed by atoms with Crippen molar-refractivity contribution in [1.29, 1.82) is 0 Å². The van der Waals surface area contributed by atoms with Crippen molar-refractivity contribution in [3.63, 3.8) is 0 Å². The topological polar surface area (TPSA) is 91.4 Å². The van der Waals surface area contributed by atoms with Crippen LogP contribution in [0.4, 0.5) is 9.18 Å². The van der Waals surface area contributed by atoms with Gasteiger partial charge in [0.05, 0.1) is 30.9 Å². The molecule has 0 saturated carbocycles. The van der Waals surface area contributed by atoms with Gasteiger partial charge in [-0.3, -0.25) is 14.6 Å². The summed E-state index contributed by atoms with van der Waals surface area (Å²) in [4.78, 5) is 44.4. The van der Waals surface area contributed by atoms with Crippen LogP contribution in [0.15, 0.2) is 59.8 Å². The fourth-order valence-electron chi connectivity index (χ4n) is 4.92. The number of ether oxygens (including phenoxy) is 2. The summed E-state index contributed by atoms with van der Waals surface area (Å²) in [5.74, 6) is -0.741. The van der Waals surface area contributed by atoms with Crippen LogP contribution in [0.3, 0.4) is 0 Å². The molecule has 202 valence electrons. The first-order valence-corrected chi connectivity index (χ1v) is 12.6. The Hall–Kier alpha value is -3.92. The normalized spacial score (nSPS) is 20.3. The average Bonchev–Trinajstić information content (AvgIpc) is 2.91. The van der Waals surface area contributed by atoms with E-state index >= 15 is 0 Å². The number of benzene rings is 2. The third-order valence-electron chi connectivity index (χ3n) is 6.97. The number of methoxy groups -OCH3 is 1. The van der Waals surface area contributed by atoms with Gasteiger partial charge in [0.15, 0.2) is 0 Å². The van der Waals surface area contributed by atoms with Crippen molar-refractivity contribution in [3.05, 3.63) is 76.7 Å². The Kier molecular flexibility index (Phi) is 8.31. The Labute approximate surface area is 221 Å². The van der Waals surface area contributed by atoms with Gasteiger partial charge in [0.25, 0.3) is 5.91 Å². The van der Waals surface area contributed by atoms with Gasteiger partial charge in [-0.05, 0) is 43.7 Å². The van der Waals surface area contributed by atoms with E-state index in [9.17, 15) is 18.8 Å². The van der Waals surface area contributed by atoms with Crippen molar-refractivity contribution in [2.45, 2.75) is 25.9 Å². The number of nitrogens with zero attached hydrogens (tertiary/aromatic N) is 3. The summed E-state index contributed by atoms with van der Waals surface area (Å²) >= 11 is 0. The van der Waals surface area contributed by atoms with Gasteiger partial charge >= 0.3 is 12.0 Å². The van der Waals surface area contributed by atoms with E-state index < -0.39 is 17.8 Å². The van der Waals surface area contributed by atoms with Crippen molar-refractivity contribution < 1.29 is 28.2 Å². The number of likely N-dealkylation sites (N-methyl/N-ethyl adjacent to an activating group) is 1. The lowest BCUT2D eigenvalue weighted by Gasteiger charge is -2.42. The molecule has 2 heterocycles. The highest BCUT2D eigenvalue weighted by Gasteiger charge is 2.38. The van der Waals surface area contributed by atoms with E-state index in [1.807, 2.05) is 6.92 Å². The molecule has 3 amide bonds. The lowest BCUT2D eigenvalue weighted by Crippen LogP contribution is -2.56. The number of hydrogen-bond acceptors (Lipinski definition) is 6. The Bertz CT molecular complexity index is 1230. The fourth-order valence-corrected chi connectivity index (χ4v) is 4.92. The Morgan fingerprint density at radius 1 is 1.11 bits per heavy atom. The molecule has 1 saturated heterocycles. The number of piperazine rings is 1. The van der Waals surface area contributed by atoms with E-state index in [-0.39, 0.29) is 30.2 Å². The number of halogens is 1. The number of carbonyl (C=O) groups is 3. The van der Waals surface area contributed by atoms with Crippen LogP contribution in [0.1, 0.15) is 35.8 Å². The molecule has 0 aliphatic carbocycles. The summed E-state index contributed by atoms with van der Waals surface area (Å²) in [5.41, 5.74) is 1.67. The molecule has 2 aromatic rings. The van der Waals surface area contributed by atoms with Crippen molar-refractivity contribution in [3.8, 4) is 5.75 Å². The molecule has 2 aromatic carbocycles. The molecule has 0 spiro atoms. The lowest BCUT2D eigenvalue weighted by molar-refractivity contribution is -0.139. The number of urea groups is 1. The van der Waals surface area contributed by atoms with Gasteiger partial charge < -0.3 is 19.7 Å². The largest absolute Gasteiger partial charge is 0.497 e. The van der Waals surface area contributed by atoms with E-state index in [0.717, 1.165) is 5.56 Å². The van der Waals surface area contributed by atoms with Crippen LogP contribution >= 0.6 is 0 Å². The number of carbonyl (C=O) groups excluding carboxylic acids is 3. The van der Waals surface area contributed by atoms with Gasteiger partial charge in [-0.2, -0.15) is 0 Å². The first-order valence-electron chi connectivity index (χ1n) is 12.6. The molecule has 0 bridgehead atoms. The number of nitrogens with one attached hydrogen (secondary N) is 1. The first kappa shape index (κ1) is 27.1. The molecule has 2 atom stereocenters. The zero-order valence-electron chi connectivity index (χ0n) is 22.1. The minimum atomic E-state index is -0.694. The van der Waals surface area contributed by atoms with Crippen LogP contribution in [0, 0.1) is 5.82 Å². The van der Waals surface area contributed by atoms with Crippen molar-refractivity contribution in [2.75, 3.05) is 46.9 Å². The third kappa shape index (κ3) is 5.50. The highest BCUT2D eigenvalue weighted by molar-refractivity contribution is 5.95. The number of rotatable bonds is 7. The summed E-state index contributed by atoms with van der Waals surface area (Å²) in [6.45, 7) is 5.50. The van der Waals surface area contributed by atoms with Crippen molar-refractivity contribution in [2.24, 2.45) is 0 Å². The van der Waals surface area contributed by atoms with Crippen LogP contribution in [-0.2, 0) is 9.53 Å². The van der Waals surface area contributed by atoms with Gasteiger partial charge in [0, 0.05) is 45.0 Å². The molecule has 2 unspecified atom stereocenters. The van der Waals surface area contributed by atoms with Gasteiger partial charge in [-0.1, -0.05) is 24.3 Å². The molecule has 38 heavy (non-hydrogen) atoms. The van der Waals surface area contributed by atoms with Crippen LogP contribution in [0.25, 0.3) is 0 Å². The molecule has 10 heteroatoms. The summed E-state index contributed by atoms with van der Waals surface area (Å²) in [5, 5.41) is 2.91. The van der Waals surface area contributed by atoms with Crippen LogP contribution in [0.5, 0.6) is 5.75 Å². The molecule has 4 rings (SSSR count). The second kappa shape index (κ2) is 11.6. The Morgan fingerprint density at radius 2 is 1.82 bits per heavy atom. The zero-order valence-corrected chi connectivity index (χ0v) is 22.1.